The zero-order valence-corrected chi connectivity index (χ0v) is 6.15. The van der Waals surface area contributed by atoms with Gasteiger partial charge < -0.3 is 0 Å². The molecular weight excluding hydrogens is 120 g/mol. The summed E-state index contributed by atoms with van der Waals surface area (Å²) in [4.78, 5) is 0. The molecule has 0 aromatic rings. The van der Waals surface area contributed by atoms with E-state index in [2.05, 4.69) is 19.1 Å². The Morgan fingerprint density at radius 3 is 3.20 bits per heavy atom. The fraction of sp³-hybridized carbons (Fsp3) is 0.400. The monoisotopic (exact) mass is 130 g/mol. The molecule has 0 saturated heterocycles. The smallest absolute Gasteiger partial charge is 0.00387 e. The molecule has 0 spiro atoms. The van der Waals surface area contributed by atoms with Crippen molar-refractivity contribution in [1.82, 2.24) is 0 Å². The van der Waals surface area contributed by atoms with Crippen LogP contribution in [0.5, 0.6) is 0 Å². The van der Waals surface area contributed by atoms with Gasteiger partial charge in [0, 0.05) is 5.92 Å². The van der Waals surface area contributed by atoms with E-state index in [0.29, 0.717) is 0 Å². The van der Waals surface area contributed by atoms with E-state index in [1.165, 1.54) is 18.4 Å². The van der Waals surface area contributed by atoms with Crippen molar-refractivity contribution < 1.29 is 0 Å². The maximum absolute atomic E-state index is 2.42. The molecule has 10 heavy (non-hydrogen) atoms. The zero-order valence-electron chi connectivity index (χ0n) is 6.15. The van der Waals surface area contributed by atoms with Crippen LogP contribution in [0.2, 0.25) is 0 Å². The fourth-order valence-electron chi connectivity index (χ4n) is 2.40. The van der Waals surface area contributed by atoms with Crippen molar-refractivity contribution in [2.75, 3.05) is 0 Å². The molecule has 0 heteroatoms. The first kappa shape index (κ1) is 4.95. The molecule has 0 N–H and O–H groups in total. The van der Waals surface area contributed by atoms with Crippen molar-refractivity contribution in [3.05, 3.63) is 34.4 Å². The van der Waals surface area contributed by atoms with Gasteiger partial charge >= 0.3 is 0 Å². The largest absolute Gasteiger partial charge is 0.0694 e. The summed E-state index contributed by atoms with van der Waals surface area (Å²) >= 11 is 0. The second-order valence-electron chi connectivity index (χ2n) is 3.48. The molecule has 0 aromatic heterocycles. The van der Waals surface area contributed by atoms with Gasteiger partial charge in [-0.1, -0.05) is 12.2 Å². The van der Waals surface area contributed by atoms with Crippen LogP contribution < -0.4 is 0 Å². The van der Waals surface area contributed by atoms with Gasteiger partial charge in [-0.15, -0.1) is 0 Å². The summed E-state index contributed by atoms with van der Waals surface area (Å²) in [5.74, 6) is 0.845. The molecule has 0 fully saturated rings. The summed E-state index contributed by atoms with van der Waals surface area (Å²) in [5, 5.41) is 0. The molecule has 2 bridgehead atoms. The predicted octanol–water partition coefficient (Wildman–Crippen LogP) is 2.59. The van der Waals surface area contributed by atoms with Gasteiger partial charge in [0.05, 0.1) is 0 Å². The molecule has 0 aliphatic heterocycles. The van der Waals surface area contributed by atoms with Gasteiger partial charge in [0.15, 0.2) is 0 Å². The first-order valence-electron chi connectivity index (χ1n) is 4.00. The van der Waals surface area contributed by atoms with Gasteiger partial charge in [-0.25, -0.2) is 0 Å². The molecule has 1 unspecified atom stereocenters. The first-order valence-corrected chi connectivity index (χ1v) is 4.00. The highest BCUT2D eigenvalue weighted by Gasteiger charge is 2.35. The van der Waals surface area contributed by atoms with E-state index in [1.54, 1.807) is 16.7 Å². The Morgan fingerprint density at radius 2 is 2.40 bits per heavy atom. The van der Waals surface area contributed by atoms with Crippen molar-refractivity contribution in [1.29, 1.82) is 0 Å². The maximum atomic E-state index is 2.42. The van der Waals surface area contributed by atoms with E-state index < -0.39 is 0 Å². The van der Waals surface area contributed by atoms with Crippen molar-refractivity contribution >= 4 is 0 Å². The third kappa shape index (κ3) is 0.351. The highest BCUT2D eigenvalue weighted by Crippen LogP contribution is 2.51. The second kappa shape index (κ2) is 1.29. The molecule has 3 aliphatic carbocycles. The number of hydrogen-bond acceptors (Lipinski definition) is 0. The normalized spacial score (nSPS) is 33.5. The van der Waals surface area contributed by atoms with Gasteiger partial charge in [-0.2, -0.15) is 0 Å². The van der Waals surface area contributed by atoms with Gasteiger partial charge in [0.1, 0.15) is 0 Å². The summed E-state index contributed by atoms with van der Waals surface area (Å²) in [5.41, 5.74) is 6.40. The van der Waals surface area contributed by atoms with E-state index in [-0.39, 0.29) is 0 Å². The summed E-state index contributed by atoms with van der Waals surface area (Å²) in [6, 6.07) is 0. The molecule has 0 radical (unpaired) electrons. The zero-order chi connectivity index (χ0) is 6.72. The van der Waals surface area contributed by atoms with E-state index in [1.807, 2.05) is 0 Å². The molecule has 1 atom stereocenters. The van der Waals surface area contributed by atoms with E-state index in [0.717, 1.165) is 5.92 Å². The van der Waals surface area contributed by atoms with Crippen LogP contribution in [0, 0.1) is 5.92 Å². The van der Waals surface area contributed by atoms with Crippen LogP contribution in [0.1, 0.15) is 19.8 Å². The van der Waals surface area contributed by atoms with Crippen molar-refractivity contribution in [3.63, 3.8) is 0 Å². The number of rotatable bonds is 0. The Kier molecular flexibility index (Phi) is 0.639. The Labute approximate surface area is 60.9 Å². The van der Waals surface area contributed by atoms with Gasteiger partial charge in [0.2, 0.25) is 0 Å². The molecule has 0 heterocycles. The number of allylic oxidation sites excluding steroid dienone is 6. The Balaban J connectivity index is 2.34. The predicted molar refractivity (Wildman–Crippen MR) is 41.6 cm³/mol. The van der Waals surface area contributed by atoms with Crippen LogP contribution in [-0.4, -0.2) is 0 Å². The quantitative estimate of drug-likeness (QED) is 0.473. The summed E-state index contributed by atoms with van der Waals surface area (Å²) in [7, 11) is 0. The molecular formula is C10H10. The molecule has 3 rings (SSSR count). The third-order valence-corrected chi connectivity index (χ3v) is 3.00. The lowest BCUT2D eigenvalue weighted by molar-refractivity contribution is 0.629. The minimum atomic E-state index is 0.845. The maximum Gasteiger partial charge on any atom is 0.00387 e. The van der Waals surface area contributed by atoms with Gasteiger partial charge in [0.25, 0.3) is 0 Å². The topological polar surface area (TPSA) is 0 Å². The lowest BCUT2D eigenvalue weighted by atomic mass is 9.75. The summed E-state index contributed by atoms with van der Waals surface area (Å²) in [6.07, 6.45) is 7.48. The molecule has 3 aliphatic rings. The minimum absolute atomic E-state index is 0.845. The van der Waals surface area contributed by atoms with Crippen LogP contribution >= 0.6 is 0 Å². The number of fused-ring (bicyclic) bond motifs is 1. The van der Waals surface area contributed by atoms with E-state index in [4.69, 9.17) is 0 Å². The standard InChI is InChI=1S/C10H10/c1-6-7-2-3-8-5-9(4-7)10(6)8/h4-5,8H,2-3H2,1H3. The van der Waals surface area contributed by atoms with E-state index >= 15 is 0 Å². The molecule has 0 amide bonds. The Morgan fingerprint density at radius 1 is 1.50 bits per heavy atom. The van der Waals surface area contributed by atoms with Crippen LogP contribution in [0.15, 0.2) is 34.4 Å². The second-order valence-corrected chi connectivity index (χ2v) is 3.48. The van der Waals surface area contributed by atoms with Crippen LogP contribution in [0.4, 0.5) is 0 Å². The lowest BCUT2D eigenvalue weighted by Gasteiger charge is -2.29. The average molecular weight is 130 g/mol. The first-order chi connectivity index (χ1) is 4.86. The fourth-order valence-corrected chi connectivity index (χ4v) is 2.40. The molecule has 0 aromatic carbocycles. The SMILES string of the molecule is CC1=C2C3=CC2CCC1=C3. The lowest BCUT2D eigenvalue weighted by Crippen LogP contribution is -2.14. The van der Waals surface area contributed by atoms with Gasteiger partial charge in [-0.05, 0) is 42.1 Å². The average Bonchev–Trinajstić information content (AvgIpc) is 2.08. The number of hydrogen-bond donors (Lipinski definition) is 0. The Hall–Kier alpha value is -0.780. The Bertz CT molecular complexity index is 300. The third-order valence-electron chi connectivity index (χ3n) is 3.00. The minimum Gasteiger partial charge on any atom is -0.0694 e. The summed E-state index contributed by atoms with van der Waals surface area (Å²) < 4.78 is 0. The van der Waals surface area contributed by atoms with Crippen LogP contribution in [0.3, 0.4) is 0 Å². The molecule has 50 valence electrons. The van der Waals surface area contributed by atoms with Gasteiger partial charge in [-0.3, -0.25) is 0 Å². The van der Waals surface area contributed by atoms with Crippen molar-refractivity contribution in [3.8, 4) is 0 Å². The highest BCUT2D eigenvalue weighted by molar-refractivity contribution is 5.67. The highest BCUT2D eigenvalue weighted by atomic mass is 14.4. The van der Waals surface area contributed by atoms with Crippen molar-refractivity contribution in [2.24, 2.45) is 5.92 Å². The summed E-state index contributed by atoms with van der Waals surface area (Å²) in [6.45, 7) is 2.27. The van der Waals surface area contributed by atoms with Crippen molar-refractivity contribution in [2.45, 2.75) is 19.8 Å². The van der Waals surface area contributed by atoms with Crippen LogP contribution in [0.25, 0.3) is 0 Å². The van der Waals surface area contributed by atoms with Crippen LogP contribution in [-0.2, 0) is 0 Å². The van der Waals surface area contributed by atoms with E-state index in [9.17, 15) is 0 Å². The molecule has 0 nitrogen and oxygen atoms in total. The molecule has 0 saturated carbocycles.